The van der Waals surface area contributed by atoms with Gasteiger partial charge < -0.3 is 20.1 Å². The number of aryl methyl sites for hydroxylation is 1. The molecule has 0 unspecified atom stereocenters. The molecule has 2 N–H and O–H groups in total. The van der Waals surface area contributed by atoms with Gasteiger partial charge in [0.05, 0.1) is 19.9 Å². The van der Waals surface area contributed by atoms with Crippen molar-refractivity contribution in [1.82, 2.24) is 9.97 Å². The fourth-order valence-electron chi connectivity index (χ4n) is 3.13. The molecule has 0 amide bonds. The van der Waals surface area contributed by atoms with Gasteiger partial charge in [0.25, 0.3) is 0 Å². The normalized spacial score (nSPS) is 14.6. The Kier molecular flexibility index (Phi) is 8.24. The smallest absolute Gasteiger partial charge is 0.222 e. The van der Waals surface area contributed by atoms with Gasteiger partial charge in [0, 0.05) is 25.7 Å². The maximum Gasteiger partial charge on any atom is 0.222 e. The van der Waals surface area contributed by atoms with Crippen molar-refractivity contribution in [3.8, 4) is 0 Å². The van der Waals surface area contributed by atoms with Gasteiger partial charge in [-0.1, -0.05) is 26.3 Å². The summed E-state index contributed by atoms with van der Waals surface area (Å²) in [5.41, 5.74) is 9.49. The second-order valence-electron chi connectivity index (χ2n) is 6.92. The molecule has 0 aromatic carbocycles. The lowest BCUT2D eigenvalue weighted by molar-refractivity contribution is 0.227. The molecule has 0 radical (unpaired) electrons. The number of hydrogen-bond acceptors (Lipinski definition) is 7. The molecule has 0 aliphatic heterocycles. The van der Waals surface area contributed by atoms with Crippen molar-refractivity contribution in [2.45, 2.75) is 46.5 Å². The Balaban J connectivity index is 2.46. The minimum atomic E-state index is 0.282. The van der Waals surface area contributed by atoms with Gasteiger partial charge in [-0.2, -0.15) is 4.98 Å². The van der Waals surface area contributed by atoms with Crippen molar-refractivity contribution in [2.24, 2.45) is 4.99 Å². The average molecular weight is 400 g/mol. The molecule has 1 aromatic heterocycles. The van der Waals surface area contributed by atoms with E-state index in [9.17, 15) is 0 Å². The van der Waals surface area contributed by atoms with Gasteiger partial charge in [-0.05, 0) is 37.5 Å². The van der Waals surface area contributed by atoms with Crippen LogP contribution in [0.4, 0.5) is 17.5 Å². The third-order valence-corrected chi connectivity index (χ3v) is 4.86. The lowest BCUT2D eigenvalue weighted by atomic mass is 10.1. The van der Waals surface area contributed by atoms with E-state index in [1.165, 1.54) is 0 Å². The summed E-state index contributed by atoms with van der Waals surface area (Å²) in [6.07, 6.45) is 9.53. The summed E-state index contributed by atoms with van der Waals surface area (Å²) in [5.74, 6) is 2.56. The number of unbranched alkanes of at least 4 members (excludes halogenated alkanes) is 1. The largest absolute Gasteiger partial charge is 0.497 e. The topological polar surface area (TPSA) is 85.9 Å². The zero-order valence-electron chi connectivity index (χ0n) is 18.5. The monoisotopic (exact) mass is 399 g/mol. The van der Waals surface area contributed by atoms with Crippen molar-refractivity contribution in [1.29, 1.82) is 0 Å². The van der Waals surface area contributed by atoms with Crippen molar-refractivity contribution >= 4 is 23.2 Å². The van der Waals surface area contributed by atoms with Gasteiger partial charge in [0.2, 0.25) is 5.95 Å². The molecule has 0 atom stereocenters. The summed E-state index contributed by atoms with van der Waals surface area (Å²) in [7, 11) is 5.32. The number of hydrogen-bond donors (Lipinski definition) is 1. The maximum atomic E-state index is 5.97. The van der Waals surface area contributed by atoms with Crippen molar-refractivity contribution in [3.05, 3.63) is 41.0 Å². The van der Waals surface area contributed by atoms with Gasteiger partial charge in [-0.3, -0.25) is 0 Å². The summed E-state index contributed by atoms with van der Waals surface area (Å²) in [5, 5.41) is 0. The summed E-state index contributed by atoms with van der Waals surface area (Å²) in [6.45, 7) is 7.10. The molecule has 29 heavy (non-hydrogen) atoms. The van der Waals surface area contributed by atoms with E-state index in [4.69, 9.17) is 20.2 Å². The number of aliphatic imine (C=N–C) groups is 1. The first-order chi connectivity index (χ1) is 13.9. The molecule has 2 rings (SSSR count). The SMILES string of the molecule is CCCCN(C)c1nc(N)nc(CC)c1N=C(C)C1=CCC(OC)=C(OC)C=C1. The Labute approximate surface area is 174 Å². The van der Waals surface area contributed by atoms with Crippen molar-refractivity contribution in [3.63, 3.8) is 0 Å². The molecule has 1 aromatic rings. The van der Waals surface area contributed by atoms with E-state index in [2.05, 4.69) is 34.8 Å². The minimum Gasteiger partial charge on any atom is -0.497 e. The van der Waals surface area contributed by atoms with Crippen LogP contribution in [-0.2, 0) is 15.9 Å². The third kappa shape index (κ3) is 5.59. The first kappa shape index (κ1) is 22.5. The first-order valence-electron chi connectivity index (χ1n) is 10.1. The Morgan fingerprint density at radius 1 is 1.21 bits per heavy atom. The van der Waals surface area contributed by atoms with E-state index >= 15 is 0 Å². The highest BCUT2D eigenvalue weighted by Crippen LogP contribution is 2.32. The van der Waals surface area contributed by atoms with Crippen LogP contribution < -0.4 is 10.6 Å². The van der Waals surface area contributed by atoms with Gasteiger partial charge >= 0.3 is 0 Å². The number of nitrogen functional groups attached to an aromatic ring is 1. The van der Waals surface area contributed by atoms with E-state index in [1.807, 2.05) is 26.1 Å². The molecular formula is C22H33N5O2. The lowest BCUT2D eigenvalue weighted by Gasteiger charge is -2.21. The summed E-state index contributed by atoms with van der Waals surface area (Å²) in [4.78, 5) is 16.0. The average Bonchev–Trinajstić information content (AvgIpc) is 2.94. The number of anilines is 2. The molecule has 0 fully saturated rings. The number of rotatable bonds is 9. The van der Waals surface area contributed by atoms with Crippen LogP contribution in [0.3, 0.4) is 0 Å². The van der Waals surface area contributed by atoms with Gasteiger partial charge in [-0.15, -0.1) is 0 Å². The lowest BCUT2D eigenvalue weighted by Crippen LogP contribution is -2.21. The van der Waals surface area contributed by atoms with Crippen LogP contribution >= 0.6 is 0 Å². The predicted octanol–water partition coefficient (Wildman–Crippen LogP) is 4.34. The molecule has 0 saturated carbocycles. The molecule has 7 heteroatoms. The molecule has 1 aliphatic rings. The molecule has 1 aliphatic carbocycles. The molecule has 0 bridgehead atoms. The highest BCUT2D eigenvalue weighted by atomic mass is 16.5. The highest BCUT2D eigenvalue weighted by Gasteiger charge is 2.17. The zero-order chi connectivity index (χ0) is 21.4. The van der Waals surface area contributed by atoms with Crippen LogP contribution in [0, 0.1) is 0 Å². The highest BCUT2D eigenvalue weighted by molar-refractivity contribution is 6.03. The van der Waals surface area contributed by atoms with Crippen LogP contribution in [0.15, 0.2) is 40.3 Å². The van der Waals surface area contributed by atoms with Crippen molar-refractivity contribution < 1.29 is 9.47 Å². The number of aromatic nitrogens is 2. The predicted molar refractivity (Wildman–Crippen MR) is 120 cm³/mol. The van der Waals surface area contributed by atoms with Crippen LogP contribution in [0.5, 0.6) is 0 Å². The Bertz CT molecular complexity index is 840. The fourth-order valence-corrected chi connectivity index (χ4v) is 3.13. The minimum absolute atomic E-state index is 0.282. The molecule has 0 spiro atoms. The van der Waals surface area contributed by atoms with E-state index in [0.717, 1.165) is 65.8 Å². The second-order valence-corrected chi connectivity index (χ2v) is 6.92. The van der Waals surface area contributed by atoms with Crippen molar-refractivity contribution in [2.75, 3.05) is 38.4 Å². The summed E-state index contributed by atoms with van der Waals surface area (Å²) >= 11 is 0. The van der Waals surface area contributed by atoms with E-state index in [1.54, 1.807) is 14.2 Å². The second kappa shape index (κ2) is 10.6. The molecular weight excluding hydrogens is 366 g/mol. The Morgan fingerprint density at radius 3 is 2.59 bits per heavy atom. The molecule has 1 heterocycles. The summed E-state index contributed by atoms with van der Waals surface area (Å²) < 4.78 is 10.8. The van der Waals surface area contributed by atoms with Crippen LogP contribution in [0.1, 0.15) is 45.7 Å². The standard InChI is InChI=1S/C22H33N5O2/c1-7-9-14-27(4)21-20(17(8-2)25-22(23)26-21)24-15(3)16-10-12-18(28-5)19(29-6)13-11-16/h10-12H,7-9,13-14H2,1-6H3,(H2,23,25,26). The van der Waals surface area contributed by atoms with E-state index in [0.29, 0.717) is 6.42 Å². The van der Waals surface area contributed by atoms with E-state index in [-0.39, 0.29) is 5.95 Å². The maximum absolute atomic E-state index is 5.97. The first-order valence-corrected chi connectivity index (χ1v) is 10.1. The quantitative estimate of drug-likeness (QED) is 0.622. The molecule has 0 saturated heterocycles. The number of allylic oxidation sites excluding steroid dienone is 4. The Morgan fingerprint density at radius 2 is 1.97 bits per heavy atom. The van der Waals surface area contributed by atoms with Gasteiger partial charge in [0.15, 0.2) is 11.6 Å². The number of ether oxygens (including phenoxy) is 2. The third-order valence-electron chi connectivity index (χ3n) is 4.86. The number of nitrogens with two attached hydrogens (primary N) is 1. The zero-order valence-corrected chi connectivity index (χ0v) is 18.5. The molecule has 7 nitrogen and oxygen atoms in total. The van der Waals surface area contributed by atoms with Crippen LogP contribution in [0.25, 0.3) is 0 Å². The van der Waals surface area contributed by atoms with Gasteiger partial charge in [0.1, 0.15) is 11.4 Å². The fraction of sp³-hybridized carbons (Fsp3) is 0.500. The summed E-state index contributed by atoms with van der Waals surface area (Å²) in [6, 6.07) is 0. The van der Waals surface area contributed by atoms with E-state index < -0.39 is 0 Å². The van der Waals surface area contributed by atoms with Crippen LogP contribution in [0.2, 0.25) is 0 Å². The van der Waals surface area contributed by atoms with Crippen LogP contribution in [-0.4, -0.2) is 43.5 Å². The Hall–Kier alpha value is -2.83. The number of methoxy groups -OCH3 is 2. The molecule has 158 valence electrons. The number of nitrogens with zero attached hydrogens (tertiary/aromatic N) is 4. The van der Waals surface area contributed by atoms with Gasteiger partial charge in [-0.25, -0.2) is 9.98 Å².